The maximum Gasteiger partial charge on any atom is 0.224 e. The van der Waals surface area contributed by atoms with E-state index in [0.29, 0.717) is 0 Å². The third kappa shape index (κ3) is 1.77. The number of aromatic nitrogens is 4. The number of hydrogen-bond acceptors (Lipinski definition) is 8. The highest BCUT2D eigenvalue weighted by molar-refractivity contribution is 5.82. The predicted molar refractivity (Wildman–Crippen MR) is 66.0 cm³/mol. The van der Waals surface area contributed by atoms with E-state index in [4.69, 9.17) is 21.3 Å². The Balaban J connectivity index is 2.07. The van der Waals surface area contributed by atoms with Crippen molar-refractivity contribution in [1.29, 1.82) is 0 Å². The summed E-state index contributed by atoms with van der Waals surface area (Å²) in [6.07, 6.45) is -4.07. The first-order valence-corrected chi connectivity index (χ1v) is 5.87. The van der Waals surface area contributed by atoms with Crippen LogP contribution in [0.1, 0.15) is 6.23 Å². The van der Waals surface area contributed by atoms with Gasteiger partial charge in [-0.2, -0.15) is 9.97 Å². The third-order valence-corrected chi connectivity index (χ3v) is 3.21. The lowest BCUT2D eigenvalue weighted by Crippen LogP contribution is -2.30. The molecule has 6 N–H and O–H groups in total. The molecule has 1 saturated heterocycles. The average Bonchev–Trinajstić information content (AvgIpc) is 2.93. The molecule has 10 heteroatoms. The molecule has 0 saturated carbocycles. The van der Waals surface area contributed by atoms with Gasteiger partial charge in [-0.15, -0.1) is 0 Å². The highest BCUT2D eigenvalue weighted by atomic mass is 19.1. The second-order valence-corrected chi connectivity index (χ2v) is 4.47. The maximum absolute atomic E-state index is 14.1. The molecule has 1 aliphatic rings. The molecule has 108 valence electrons. The number of rotatable bonds is 2. The average molecular weight is 284 g/mol. The molecule has 0 radical (unpaired) electrons. The fourth-order valence-corrected chi connectivity index (χ4v) is 2.22. The van der Waals surface area contributed by atoms with Gasteiger partial charge in [0.05, 0.1) is 12.9 Å². The van der Waals surface area contributed by atoms with E-state index in [0.717, 1.165) is 0 Å². The van der Waals surface area contributed by atoms with Gasteiger partial charge < -0.3 is 26.4 Å². The molecule has 2 aromatic rings. The van der Waals surface area contributed by atoms with Gasteiger partial charge >= 0.3 is 0 Å². The fraction of sp³-hybridized carbons (Fsp3) is 0.500. The number of imidazole rings is 1. The van der Waals surface area contributed by atoms with E-state index in [1.165, 1.54) is 10.9 Å². The third-order valence-electron chi connectivity index (χ3n) is 3.21. The van der Waals surface area contributed by atoms with Crippen LogP contribution in [0.2, 0.25) is 0 Å². The van der Waals surface area contributed by atoms with E-state index in [-0.39, 0.29) is 22.9 Å². The van der Waals surface area contributed by atoms with Crippen LogP contribution in [-0.4, -0.2) is 54.7 Å². The van der Waals surface area contributed by atoms with Crippen LogP contribution in [0.25, 0.3) is 11.2 Å². The maximum atomic E-state index is 14.1. The number of aliphatic hydroxyl groups is 2. The van der Waals surface area contributed by atoms with Crippen molar-refractivity contribution >= 4 is 22.9 Å². The van der Waals surface area contributed by atoms with E-state index in [1.807, 2.05) is 0 Å². The molecular weight excluding hydrogens is 271 g/mol. The van der Waals surface area contributed by atoms with Gasteiger partial charge in [-0.1, -0.05) is 0 Å². The van der Waals surface area contributed by atoms with Gasteiger partial charge in [0.25, 0.3) is 0 Å². The first-order valence-electron chi connectivity index (χ1n) is 5.87. The Bertz CT molecular complexity index is 649. The first kappa shape index (κ1) is 13.0. The lowest BCUT2D eigenvalue weighted by Gasteiger charge is -2.15. The van der Waals surface area contributed by atoms with Crippen LogP contribution in [0.15, 0.2) is 6.33 Å². The molecule has 3 heterocycles. The largest absolute Gasteiger partial charge is 0.394 e. The molecule has 1 unspecified atom stereocenters. The van der Waals surface area contributed by atoms with E-state index >= 15 is 0 Å². The normalized spacial score (nSPS) is 30.1. The molecule has 0 spiro atoms. The standard InChI is InChI=1S/C10H13FN6O3/c11-4-6(19)3(1-18)20-9(4)17-2-14-5-7(12)15-10(13)16-8(5)17/h2-4,6,9,18-19H,1H2,(H4,12,13,15,16)/t3-,4?,6+,9-/m1/s1. The molecule has 0 aliphatic carbocycles. The van der Waals surface area contributed by atoms with E-state index in [2.05, 4.69) is 15.0 Å². The van der Waals surface area contributed by atoms with Crippen LogP contribution in [0.5, 0.6) is 0 Å². The van der Waals surface area contributed by atoms with Gasteiger partial charge in [0.2, 0.25) is 5.95 Å². The molecule has 1 fully saturated rings. The van der Waals surface area contributed by atoms with Crippen LogP contribution in [0, 0.1) is 0 Å². The molecular formula is C10H13FN6O3. The highest BCUT2D eigenvalue weighted by Crippen LogP contribution is 2.33. The van der Waals surface area contributed by atoms with Crippen LogP contribution in [0.4, 0.5) is 16.2 Å². The van der Waals surface area contributed by atoms with Gasteiger partial charge in [0.15, 0.2) is 23.9 Å². The summed E-state index contributed by atoms with van der Waals surface area (Å²) in [6.45, 7) is -0.496. The minimum atomic E-state index is -1.73. The molecule has 20 heavy (non-hydrogen) atoms. The van der Waals surface area contributed by atoms with E-state index < -0.39 is 31.2 Å². The van der Waals surface area contributed by atoms with Crippen molar-refractivity contribution in [2.24, 2.45) is 0 Å². The zero-order valence-corrected chi connectivity index (χ0v) is 10.2. The van der Waals surface area contributed by atoms with Gasteiger partial charge in [0.1, 0.15) is 17.7 Å². The second-order valence-electron chi connectivity index (χ2n) is 4.47. The number of alkyl halides is 1. The van der Waals surface area contributed by atoms with Gasteiger partial charge in [-0.05, 0) is 0 Å². The molecule has 2 aromatic heterocycles. The summed E-state index contributed by atoms with van der Waals surface area (Å²) in [7, 11) is 0. The Morgan fingerprint density at radius 2 is 2.15 bits per heavy atom. The summed E-state index contributed by atoms with van der Waals surface area (Å²) >= 11 is 0. The van der Waals surface area contributed by atoms with Crippen molar-refractivity contribution in [1.82, 2.24) is 19.5 Å². The minimum absolute atomic E-state index is 0.0684. The quantitative estimate of drug-likeness (QED) is 0.525. The van der Waals surface area contributed by atoms with Crippen molar-refractivity contribution in [2.75, 3.05) is 18.1 Å². The summed E-state index contributed by atoms with van der Waals surface area (Å²) in [5.74, 6) is -0.0108. The summed E-state index contributed by atoms with van der Waals surface area (Å²) in [6, 6.07) is 0. The van der Waals surface area contributed by atoms with Crippen LogP contribution < -0.4 is 11.5 Å². The highest BCUT2D eigenvalue weighted by Gasteiger charge is 2.45. The number of nitrogens with zero attached hydrogens (tertiary/aromatic N) is 4. The Morgan fingerprint density at radius 3 is 2.80 bits per heavy atom. The van der Waals surface area contributed by atoms with Crippen molar-refractivity contribution in [2.45, 2.75) is 24.6 Å². The number of nitrogen functional groups attached to an aromatic ring is 2. The summed E-state index contributed by atoms with van der Waals surface area (Å²) in [5, 5.41) is 18.7. The van der Waals surface area contributed by atoms with E-state index in [9.17, 15) is 9.50 Å². The Kier molecular flexibility index (Phi) is 2.92. The second kappa shape index (κ2) is 4.51. The van der Waals surface area contributed by atoms with Gasteiger partial charge in [0, 0.05) is 0 Å². The molecule has 9 nitrogen and oxygen atoms in total. The lowest BCUT2D eigenvalue weighted by atomic mass is 10.1. The van der Waals surface area contributed by atoms with Crippen molar-refractivity contribution in [3.63, 3.8) is 0 Å². The van der Waals surface area contributed by atoms with Gasteiger partial charge in [-0.3, -0.25) is 4.57 Å². The van der Waals surface area contributed by atoms with Gasteiger partial charge in [-0.25, -0.2) is 9.37 Å². The fourth-order valence-electron chi connectivity index (χ4n) is 2.22. The van der Waals surface area contributed by atoms with Crippen LogP contribution in [0.3, 0.4) is 0 Å². The lowest BCUT2D eigenvalue weighted by molar-refractivity contribution is -0.0459. The first-order chi connectivity index (χ1) is 9.52. The minimum Gasteiger partial charge on any atom is -0.394 e. The van der Waals surface area contributed by atoms with Crippen molar-refractivity contribution < 1.29 is 19.3 Å². The summed E-state index contributed by atoms with van der Waals surface area (Å²) < 4.78 is 20.6. The SMILES string of the molecule is Nc1nc(N)c2ncn([C@@H]3O[C@H](CO)[C@H](O)C3F)c2n1. The molecule has 4 atom stereocenters. The number of halogens is 1. The number of aliphatic hydroxyl groups excluding tert-OH is 2. The number of hydrogen-bond donors (Lipinski definition) is 4. The molecule has 3 rings (SSSR count). The number of anilines is 2. The van der Waals surface area contributed by atoms with E-state index in [1.54, 1.807) is 0 Å². The number of fused-ring (bicyclic) bond motifs is 1. The zero-order chi connectivity index (χ0) is 14.4. The Labute approximate surface area is 112 Å². The predicted octanol–water partition coefficient (Wildman–Crippen LogP) is -1.42. The number of ether oxygens (including phenoxy) is 1. The molecule has 0 aromatic carbocycles. The van der Waals surface area contributed by atoms with Crippen molar-refractivity contribution in [3.8, 4) is 0 Å². The van der Waals surface area contributed by atoms with Crippen LogP contribution >= 0.6 is 0 Å². The zero-order valence-electron chi connectivity index (χ0n) is 10.2. The number of nitrogens with two attached hydrogens (primary N) is 2. The monoisotopic (exact) mass is 284 g/mol. The summed E-state index contributed by atoms with van der Waals surface area (Å²) in [5.41, 5.74) is 11.6. The smallest absolute Gasteiger partial charge is 0.224 e. The van der Waals surface area contributed by atoms with Crippen LogP contribution in [-0.2, 0) is 4.74 Å². The topological polar surface area (TPSA) is 145 Å². The molecule has 1 aliphatic heterocycles. The van der Waals surface area contributed by atoms with Crippen molar-refractivity contribution in [3.05, 3.63) is 6.33 Å². The Hall–Kier alpha value is -2.04. The summed E-state index contributed by atoms with van der Waals surface area (Å²) in [4.78, 5) is 11.7. The Morgan fingerprint density at radius 1 is 1.40 bits per heavy atom. The molecule has 0 bridgehead atoms. The molecule has 0 amide bonds.